The first-order valence-corrected chi connectivity index (χ1v) is 11.7. The quantitative estimate of drug-likeness (QED) is 0.725. The molecule has 32 heavy (non-hydrogen) atoms. The van der Waals surface area contributed by atoms with Gasteiger partial charge in [-0.3, -0.25) is 9.59 Å². The van der Waals surface area contributed by atoms with Gasteiger partial charge in [-0.05, 0) is 61.9 Å². The van der Waals surface area contributed by atoms with Crippen molar-refractivity contribution in [2.45, 2.75) is 38.2 Å². The van der Waals surface area contributed by atoms with Crippen molar-refractivity contribution in [1.29, 1.82) is 0 Å². The Kier molecular flexibility index (Phi) is 7.43. The number of benzene rings is 2. The molecule has 6 heteroatoms. The van der Waals surface area contributed by atoms with Crippen LogP contribution in [0.5, 0.6) is 5.75 Å². The summed E-state index contributed by atoms with van der Waals surface area (Å²) in [6.45, 7) is 4.26. The largest absolute Gasteiger partial charge is 0.490 e. The molecule has 0 bridgehead atoms. The van der Waals surface area contributed by atoms with Gasteiger partial charge in [-0.1, -0.05) is 30.3 Å². The third kappa shape index (κ3) is 5.88. The van der Waals surface area contributed by atoms with Crippen molar-refractivity contribution >= 4 is 11.8 Å². The van der Waals surface area contributed by atoms with Gasteiger partial charge in [-0.15, -0.1) is 0 Å². The fraction of sp³-hybridized carbons (Fsp3) is 0.462. The van der Waals surface area contributed by atoms with Crippen LogP contribution in [0.25, 0.3) is 0 Å². The predicted molar refractivity (Wildman–Crippen MR) is 124 cm³/mol. The molecule has 6 nitrogen and oxygen atoms in total. The molecule has 0 radical (unpaired) electrons. The summed E-state index contributed by atoms with van der Waals surface area (Å²) in [5.74, 6) is 0.193. The monoisotopic (exact) mass is 435 g/mol. The Bertz CT molecular complexity index is 892. The standard InChI is InChI=1S/C26H33N3O3/c27-25(30)22-7-4-15-29(19-22)26(31)21-8-10-23(11-9-21)32-24-13-17-28(18-14-24)16-12-20-5-2-1-3-6-20/h1-3,5-6,8-11,22,24H,4,7,12-19H2,(H2,27,30)/t22-/m1/s1. The average Bonchev–Trinajstić information content (AvgIpc) is 2.84. The number of amides is 2. The van der Waals surface area contributed by atoms with Gasteiger partial charge in [0.05, 0.1) is 5.92 Å². The zero-order chi connectivity index (χ0) is 22.3. The summed E-state index contributed by atoms with van der Waals surface area (Å²) in [4.78, 5) is 28.5. The van der Waals surface area contributed by atoms with Gasteiger partial charge in [-0.25, -0.2) is 0 Å². The van der Waals surface area contributed by atoms with E-state index < -0.39 is 0 Å². The molecular weight excluding hydrogens is 402 g/mol. The second-order valence-corrected chi connectivity index (χ2v) is 8.91. The lowest BCUT2D eigenvalue weighted by molar-refractivity contribution is -0.123. The molecule has 2 saturated heterocycles. The number of carbonyl (C=O) groups excluding carboxylic acids is 2. The first-order chi connectivity index (χ1) is 15.6. The van der Waals surface area contributed by atoms with Gasteiger partial charge in [0, 0.05) is 38.3 Å². The smallest absolute Gasteiger partial charge is 0.253 e. The summed E-state index contributed by atoms with van der Waals surface area (Å²) < 4.78 is 6.18. The Morgan fingerprint density at radius 3 is 2.34 bits per heavy atom. The lowest BCUT2D eigenvalue weighted by Gasteiger charge is -2.32. The molecule has 2 aliphatic heterocycles. The highest BCUT2D eigenvalue weighted by Crippen LogP contribution is 2.22. The van der Waals surface area contributed by atoms with Crippen molar-refractivity contribution in [3.63, 3.8) is 0 Å². The number of ether oxygens (including phenoxy) is 1. The molecule has 0 aliphatic carbocycles. The summed E-state index contributed by atoms with van der Waals surface area (Å²) >= 11 is 0. The second kappa shape index (κ2) is 10.6. The van der Waals surface area contributed by atoms with Crippen molar-refractivity contribution in [3.8, 4) is 5.75 Å². The van der Waals surface area contributed by atoms with E-state index in [4.69, 9.17) is 10.5 Å². The van der Waals surface area contributed by atoms with Crippen molar-refractivity contribution in [2.75, 3.05) is 32.7 Å². The van der Waals surface area contributed by atoms with Crippen molar-refractivity contribution in [3.05, 3.63) is 65.7 Å². The normalized spacial score (nSPS) is 20.1. The first kappa shape index (κ1) is 22.3. The van der Waals surface area contributed by atoms with Gasteiger partial charge >= 0.3 is 0 Å². The van der Waals surface area contributed by atoms with Gasteiger partial charge in [0.2, 0.25) is 5.91 Å². The maximum absolute atomic E-state index is 12.8. The van der Waals surface area contributed by atoms with Crippen LogP contribution in [-0.4, -0.2) is 60.4 Å². The van der Waals surface area contributed by atoms with E-state index in [1.807, 2.05) is 24.3 Å². The van der Waals surface area contributed by atoms with Gasteiger partial charge in [0.1, 0.15) is 11.9 Å². The summed E-state index contributed by atoms with van der Waals surface area (Å²) in [6.07, 6.45) is 4.89. The highest BCUT2D eigenvalue weighted by Gasteiger charge is 2.27. The maximum Gasteiger partial charge on any atom is 0.253 e. The zero-order valence-corrected chi connectivity index (χ0v) is 18.6. The molecule has 0 saturated carbocycles. The third-order valence-corrected chi connectivity index (χ3v) is 6.61. The number of hydrogen-bond acceptors (Lipinski definition) is 4. The highest BCUT2D eigenvalue weighted by molar-refractivity contribution is 5.94. The van der Waals surface area contributed by atoms with E-state index >= 15 is 0 Å². The molecule has 0 aromatic heterocycles. The summed E-state index contributed by atoms with van der Waals surface area (Å²) in [5.41, 5.74) is 7.44. The molecule has 2 aromatic carbocycles. The molecule has 2 fully saturated rings. The molecule has 0 unspecified atom stereocenters. The van der Waals surface area contributed by atoms with Crippen molar-refractivity contribution < 1.29 is 14.3 Å². The van der Waals surface area contributed by atoms with Crippen LogP contribution in [0.15, 0.2) is 54.6 Å². The summed E-state index contributed by atoms with van der Waals surface area (Å²) in [6, 6.07) is 18.0. The summed E-state index contributed by atoms with van der Waals surface area (Å²) in [7, 11) is 0. The molecule has 2 aromatic rings. The number of rotatable bonds is 7. The molecule has 170 valence electrons. The van der Waals surface area contributed by atoms with Crippen LogP contribution in [0, 0.1) is 5.92 Å². The van der Waals surface area contributed by atoms with Crippen LogP contribution >= 0.6 is 0 Å². The number of nitrogens with zero attached hydrogens (tertiary/aromatic N) is 2. The highest BCUT2D eigenvalue weighted by atomic mass is 16.5. The number of piperidine rings is 2. The SMILES string of the molecule is NC(=O)[C@@H]1CCCN(C(=O)c2ccc(OC3CCN(CCc4ccccc4)CC3)cc2)C1. The topological polar surface area (TPSA) is 75.9 Å². The third-order valence-electron chi connectivity index (χ3n) is 6.61. The zero-order valence-electron chi connectivity index (χ0n) is 18.6. The molecule has 2 amide bonds. The Hall–Kier alpha value is -2.86. The van der Waals surface area contributed by atoms with Gasteiger partial charge in [0.25, 0.3) is 5.91 Å². The van der Waals surface area contributed by atoms with Crippen LogP contribution in [0.4, 0.5) is 0 Å². The van der Waals surface area contributed by atoms with Crippen LogP contribution in [0.1, 0.15) is 41.6 Å². The average molecular weight is 436 g/mol. The molecule has 0 spiro atoms. The van der Waals surface area contributed by atoms with Gasteiger partial charge in [-0.2, -0.15) is 0 Å². The van der Waals surface area contributed by atoms with E-state index in [1.54, 1.807) is 4.90 Å². The number of nitrogens with two attached hydrogens (primary N) is 1. The van der Waals surface area contributed by atoms with Crippen LogP contribution in [0.2, 0.25) is 0 Å². The van der Waals surface area contributed by atoms with Gasteiger partial charge < -0.3 is 20.3 Å². The lowest BCUT2D eigenvalue weighted by Crippen LogP contribution is -2.44. The number of likely N-dealkylation sites (tertiary alicyclic amines) is 2. The lowest BCUT2D eigenvalue weighted by atomic mass is 9.97. The van der Waals surface area contributed by atoms with E-state index in [-0.39, 0.29) is 23.8 Å². The van der Waals surface area contributed by atoms with E-state index in [1.165, 1.54) is 5.56 Å². The minimum Gasteiger partial charge on any atom is -0.490 e. The molecule has 1 atom stereocenters. The second-order valence-electron chi connectivity index (χ2n) is 8.91. The fourth-order valence-electron chi connectivity index (χ4n) is 4.63. The molecule has 2 heterocycles. The first-order valence-electron chi connectivity index (χ1n) is 11.7. The van der Waals surface area contributed by atoms with E-state index in [0.717, 1.165) is 57.5 Å². The van der Waals surface area contributed by atoms with Crippen LogP contribution in [-0.2, 0) is 11.2 Å². The Labute approximate surface area is 190 Å². The number of carbonyl (C=O) groups is 2. The Morgan fingerprint density at radius 2 is 1.66 bits per heavy atom. The minimum absolute atomic E-state index is 0.0470. The Balaban J connectivity index is 1.23. The van der Waals surface area contributed by atoms with Crippen LogP contribution < -0.4 is 10.5 Å². The molecule has 2 aliphatic rings. The van der Waals surface area contributed by atoms with Gasteiger partial charge in [0.15, 0.2) is 0 Å². The minimum atomic E-state index is -0.322. The van der Waals surface area contributed by atoms with Crippen LogP contribution in [0.3, 0.4) is 0 Å². The molecule has 4 rings (SSSR count). The fourth-order valence-corrected chi connectivity index (χ4v) is 4.63. The number of primary amides is 1. The molecular formula is C26H33N3O3. The molecule has 2 N–H and O–H groups in total. The maximum atomic E-state index is 12.8. The van der Waals surface area contributed by atoms with E-state index in [9.17, 15) is 9.59 Å². The van der Waals surface area contributed by atoms with Crippen molar-refractivity contribution in [1.82, 2.24) is 9.80 Å². The Morgan fingerprint density at radius 1 is 0.938 bits per heavy atom. The predicted octanol–water partition coefficient (Wildman–Crippen LogP) is 3.11. The van der Waals surface area contributed by atoms with E-state index in [0.29, 0.717) is 18.7 Å². The number of hydrogen-bond donors (Lipinski definition) is 1. The summed E-state index contributed by atoms with van der Waals surface area (Å²) in [5, 5.41) is 0. The van der Waals surface area contributed by atoms with E-state index in [2.05, 4.69) is 35.2 Å². The van der Waals surface area contributed by atoms with Crippen molar-refractivity contribution in [2.24, 2.45) is 11.7 Å².